The number of amides is 1. The second kappa shape index (κ2) is 3.79. The first kappa shape index (κ1) is 13.5. The smallest absolute Gasteiger partial charge is 0.247 e. The molecule has 1 unspecified atom stereocenters. The van der Waals surface area contributed by atoms with Crippen LogP contribution in [0, 0.1) is 16.7 Å². The van der Waals surface area contributed by atoms with Crippen molar-refractivity contribution in [1.29, 1.82) is 0 Å². The summed E-state index contributed by atoms with van der Waals surface area (Å²) in [6, 6.07) is -0.208. The van der Waals surface area contributed by atoms with Crippen LogP contribution in [0.15, 0.2) is 0 Å². The first-order valence-electron chi connectivity index (χ1n) is 6.60. The van der Waals surface area contributed by atoms with Gasteiger partial charge in [-0.25, -0.2) is 12.7 Å². The van der Waals surface area contributed by atoms with Gasteiger partial charge in [-0.1, -0.05) is 13.8 Å². The highest BCUT2D eigenvalue weighted by Gasteiger charge is 2.72. The summed E-state index contributed by atoms with van der Waals surface area (Å²) < 4.78 is 36.4. The molecule has 2 bridgehead atoms. The topological polar surface area (TPSA) is 71.5 Å². The molecule has 0 aromatic carbocycles. The summed E-state index contributed by atoms with van der Waals surface area (Å²) in [5.41, 5.74) is -0.319. The second-order valence-electron chi connectivity index (χ2n) is 6.60. The van der Waals surface area contributed by atoms with E-state index in [0.717, 1.165) is 23.6 Å². The van der Waals surface area contributed by atoms with Gasteiger partial charge in [-0.2, -0.15) is 0 Å². The number of carbonyl (C=O) groups is 1. The number of nitrogens with zero attached hydrogens (tertiary/aromatic N) is 1. The van der Waals surface area contributed by atoms with Crippen LogP contribution in [0.5, 0.6) is 0 Å². The molecule has 0 N–H and O–H groups in total. The average molecular weight is 303 g/mol. The number of rotatable bonds is 2. The van der Waals surface area contributed by atoms with Gasteiger partial charge >= 0.3 is 0 Å². The molecule has 3 rings (SSSR count). The zero-order valence-corrected chi connectivity index (χ0v) is 12.8. The predicted octanol–water partition coefficient (Wildman–Crippen LogP) is 1.64. The summed E-state index contributed by atoms with van der Waals surface area (Å²) in [5.74, 6) is 0.0605. The summed E-state index contributed by atoms with van der Waals surface area (Å²) in [6.07, 6.45) is 2.47. The predicted molar refractivity (Wildman–Crippen MR) is 70.4 cm³/mol. The van der Waals surface area contributed by atoms with Crippen molar-refractivity contribution in [3.8, 4) is 0 Å². The third kappa shape index (κ3) is 1.47. The van der Waals surface area contributed by atoms with Crippen LogP contribution in [-0.2, 0) is 19.4 Å². The number of fused-ring (bicyclic) bond motifs is 1. The van der Waals surface area contributed by atoms with E-state index >= 15 is 0 Å². The van der Waals surface area contributed by atoms with Crippen molar-refractivity contribution in [3.63, 3.8) is 0 Å². The third-order valence-corrected chi connectivity index (χ3v) is 8.19. The van der Waals surface area contributed by atoms with Crippen molar-refractivity contribution in [2.45, 2.75) is 39.2 Å². The van der Waals surface area contributed by atoms with Crippen LogP contribution < -0.4 is 0 Å². The van der Waals surface area contributed by atoms with Gasteiger partial charge in [0.15, 0.2) is 8.46 Å². The van der Waals surface area contributed by atoms with Crippen LogP contribution in [0.4, 0.5) is 0 Å². The molecule has 3 atom stereocenters. The lowest BCUT2D eigenvalue weighted by atomic mass is 9.69. The molecule has 1 aliphatic heterocycles. The van der Waals surface area contributed by atoms with Crippen LogP contribution in [-0.4, -0.2) is 36.6 Å². The average Bonchev–Trinajstić information content (AvgIpc) is 2.75. The van der Waals surface area contributed by atoms with E-state index in [1.54, 1.807) is 0 Å². The molecule has 1 amide bonds. The van der Waals surface area contributed by atoms with Gasteiger partial charge < -0.3 is 0 Å². The van der Waals surface area contributed by atoms with Crippen molar-refractivity contribution < 1.29 is 17.8 Å². The number of sulfonamides is 1. The molecule has 1 spiro atoms. The van der Waals surface area contributed by atoms with E-state index in [1.807, 2.05) is 0 Å². The van der Waals surface area contributed by atoms with E-state index in [-0.39, 0.29) is 37.2 Å². The fraction of sp³-hybridized carbons (Fsp3) is 0.917. The highest BCUT2D eigenvalue weighted by atomic mass is 32.2. The summed E-state index contributed by atoms with van der Waals surface area (Å²) >= 11 is 0. The zero-order valence-electron chi connectivity index (χ0n) is 11.1. The molecule has 106 valence electrons. The first-order chi connectivity index (χ1) is 8.76. The number of carbonyl (C=O) groups excluding carboxylic acids is 1. The molecule has 5 nitrogen and oxygen atoms in total. The van der Waals surface area contributed by atoms with Crippen LogP contribution in [0.3, 0.4) is 0 Å². The highest BCUT2D eigenvalue weighted by Crippen LogP contribution is 2.69. The minimum absolute atomic E-state index is 0.0328. The molecule has 2 saturated carbocycles. The Kier molecular flexibility index (Phi) is 2.69. The first-order valence-corrected chi connectivity index (χ1v) is 9.21. The van der Waals surface area contributed by atoms with Crippen molar-refractivity contribution >= 4 is 24.4 Å². The van der Waals surface area contributed by atoms with Gasteiger partial charge in [-0.05, 0) is 30.6 Å². The lowest BCUT2D eigenvalue weighted by Crippen LogP contribution is -2.44. The molecule has 0 aromatic heterocycles. The molecule has 19 heavy (non-hydrogen) atoms. The second-order valence-corrected chi connectivity index (χ2v) is 9.02. The van der Waals surface area contributed by atoms with Crippen molar-refractivity contribution in [3.05, 3.63) is 0 Å². The lowest BCUT2D eigenvalue weighted by molar-refractivity contribution is -0.126. The Morgan fingerprint density at radius 3 is 2.68 bits per heavy atom. The summed E-state index contributed by atoms with van der Waals surface area (Å²) in [7, 11) is -3.86. The minimum atomic E-state index is -3.54. The number of hydrogen-bond donors (Lipinski definition) is 0. The zero-order chi connectivity index (χ0) is 14.1. The van der Waals surface area contributed by atoms with E-state index in [1.165, 1.54) is 0 Å². The molecule has 1 saturated heterocycles. The van der Waals surface area contributed by atoms with Crippen molar-refractivity contribution in [1.82, 2.24) is 4.31 Å². The summed E-state index contributed by atoms with van der Waals surface area (Å²) in [6.45, 7) is 4.28. The molecule has 2 aliphatic carbocycles. The minimum Gasteiger partial charge on any atom is -0.274 e. The van der Waals surface area contributed by atoms with Gasteiger partial charge in [0.2, 0.25) is 15.9 Å². The molecule has 7 heteroatoms. The quantitative estimate of drug-likeness (QED) is 0.727. The van der Waals surface area contributed by atoms with Gasteiger partial charge in [0.25, 0.3) is 0 Å². The SMILES string of the molecule is CC1(C)C2CC[C@]13CS(=O)(=O)N(C(=O)CP=O)[C@@H]3C2. The van der Waals surface area contributed by atoms with Crippen LogP contribution in [0.25, 0.3) is 0 Å². The van der Waals surface area contributed by atoms with E-state index in [2.05, 4.69) is 13.8 Å². The molecule has 3 aliphatic rings. The van der Waals surface area contributed by atoms with Crippen LogP contribution >= 0.6 is 8.46 Å². The van der Waals surface area contributed by atoms with Crippen LogP contribution in [0.2, 0.25) is 0 Å². The molecule has 1 heterocycles. The molecule has 0 radical (unpaired) electrons. The molecule has 3 fully saturated rings. The Morgan fingerprint density at radius 2 is 2.11 bits per heavy atom. The third-order valence-electron chi connectivity index (χ3n) is 5.86. The normalized spacial score (nSPS) is 41.7. The lowest BCUT2D eigenvalue weighted by Gasteiger charge is -2.36. The number of hydrogen-bond acceptors (Lipinski definition) is 4. The fourth-order valence-electron chi connectivity index (χ4n) is 4.74. The Labute approximate surface area is 115 Å². The van der Waals surface area contributed by atoms with Gasteiger partial charge in [-0.3, -0.25) is 9.36 Å². The maximum absolute atomic E-state index is 12.4. The van der Waals surface area contributed by atoms with Gasteiger partial charge in [0, 0.05) is 5.41 Å². The largest absolute Gasteiger partial charge is 0.274 e. The van der Waals surface area contributed by atoms with Gasteiger partial charge in [-0.15, -0.1) is 0 Å². The van der Waals surface area contributed by atoms with Crippen molar-refractivity contribution in [2.75, 3.05) is 11.9 Å². The molecule has 0 aromatic rings. The van der Waals surface area contributed by atoms with Gasteiger partial charge in [0.05, 0.1) is 11.8 Å². The summed E-state index contributed by atoms with van der Waals surface area (Å²) in [4.78, 5) is 12.0. The Hall–Kier alpha value is -0.480. The monoisotopic (exact) mass is 303 g/mol. The van der Waals surface area contributed by atoms with Crippen molar-refractivity contribution in [2.24, 2.45) is 16.7 Å². The molecular weight excluding hydrogens is 285 g/mol. The Balaban J connectivity index is 2.06. The van der Waals surface area contributed by atoms with Gasteiger partial charge in [0.1, 0.15) is 6.16 Å². The van der Waals surface area contributed by atoms with E-state index in [4.69, 9.17) is 0 Å². The fourth-order valence-corrected chi connectivity index (χ4v) is 7.65. The maximum atomic E-state index is 12.4. The molecular formula is C12H18NO4PS. The highest BCUT2D eigenvalue weighted by molar-refractivity contribution is 7.90. The van der Waals surface area contributed by atoms with E-state index < -0.39 is 15.9 Å². The van der Waals surface area contributed by atoms with E-state index in [0.29, 0.717) is 5.92 Å². The summed E-state index contributed by atoms with van der Waals surface area (Å²) in [5, 5.41) is 0. The Bertz CT molecular complexity index is 558. The van der Waals surface area contributed by atoms with E-state index in [9.17, 15) is 17.8 Å². The Morgan fingerprint density at radius 1 is 1.42 bits per heavy atom. The standard InChI is InChI=1S/C12H18NO4PS/c1-11(2)8-3-4-12(11)7-19(16,17)13(9(12)5-8)10(14)6-18-15/h8-9H,3-7H2,1-2H3/t8?,9-,12-/m1/s1. The van der Waals surface area contributed by atoms with Crippen LogP contribution in [0.1, 0.15) is 33.1 Å². The maximum Gasteiger partial charge on any atom is 0.247 e.